The quantitative estimate of drug-likeness (QED) is 0.850. The molecule has 0 aliphatic rings. The highest BCUT2D eigenvalue weighted by Gasteiger charge is 2.08. The number of thiazole rings is 1. The van der Waals surface area contributed by atoms with Crippen molar-refractivity contribution in [3.63, 3.8) is 0 Å². The van der Waals surface area contributed by atoms with Crippen molar-refractivity contribution in [1.82, 2.24) is 15.0 Å². The van der Waals surface area contributed by atoms with E-state index in [1.165, 1.54) is 0 Å². The van der Waals surface area contributed by atoms with Crippen LogP contribution in [0.5, 0.6) is 0 Å². The SMILES string of the molecule is CNc1cncc(NCC(C)c2nccs2)n1. The second kappa shape index (κ2) is 5.58. The van der Waals surface area contributed by atoms with Gasteiger partial charge in [0, 0.05) is 31.1 Å². The molecule has 2 N–H and O–H groups in total. The van der Waals surface area contributed by atoms with Gasteiger partial charge >= 0.3 is 0 Å². The second-order valence-electron chi connectivity index (χ2n) is 3.69. The van der Waals surface area contributed by atoms with Gasteiger partial charge in [0.25, 0.3) is 0 Å². The minimum absolute atomic E-state index is 0.370. The average molecular weight is 249 g/mol. The summed E-state index contributed by atoms with van der Waals surface area (Å²) in [6.45, 7) is 2.94. The standard InChI is InChI=1S/C11H15N5S/c1-8(11-14-3-4-17-11)5-15-10-7-13-6-9(12-2)16-10/h3-4,6-8H,5H2,1-2H3,(H2,12,15,16). The first-order chi connectivity index (χ1) is 8.29. The van der Waals surface area contributed by atoms with E-state index in [-0.39, 0.29) is 0 Å². The smallest absolute Gasteiger partial charge is 0.146 e. The molecule has 1 atom stereocenters. The topological polar surface area (TPSA) is 62.7 Å². The number of nitrogens with zero attached hydrogens (tertiary/aromatic N) is 3. The lowest BCUT2D eigenvalue weighted by Crippen LogP contribution is -2.11. The lowest BCUT2D eigenvalue weighted by atomic mass is 10.2. The fraction of sp³-hybridized carbons (Fsp3) is 0.364. The van der Waals surface area contributed by atoms with Gasteiger partial charge in [0.15, 0.2) is 0 Å². The summed E-state index contributed by atoms with van der Waals surface area (Å²) in [6.07, 6.45) is 5.24. The van der Waals surface area contributed by atoms with Crippen molar-refractivity contribution in [3.8, 4) is 0 Å². The van der Waals surface area contributed by atoms with Gasteiger partial charge in [-0.15, -0.1) is 11.3 Å². The first kappa shape index (κ1) is 11.8. The molecule has 0 aliphatic carbocycles. The van der Waals surface area contributed by atoms with Gasteiger partial charge in [-0.2, -0.15) is 0 Å². The molecular weight excluding hydrogens is 234 g/mol. The second-order valence-corrected chi connectivity index (χ2v) is 4.62. The number of rotatable bonds is 5. The van der Waals surface area contributed by atoms with Crippen LogP contribution in [0.15, 0.2) is 24.0 Å². The highest BCUT2D eigenvalue weighted by molar-refractivity contribution is 7.09. The molecule has 2 rings (SSSR count). The minimum atomic E-state index is 0.370. The molecular formula is C11H15N5S. The maximum absolute atomic E-state index is 4.34. The molecule has 5 nitrogen and oxygen atoms in total. The molecule has 6 heteroatoms. The lowest BCUT2D eigenvalue weighted by molar-refractivity contribution is 0.791. The Hall–Kier alpha value is -1.69. The number of hydrogen-bond donors (Lipinski definition) is 2. The van der Waals surface area contributed by atoms with Crippen molar-refractivity contribution >= 4 is 23.0 Å². The molecule has 1 unspecified atom stereocenters. The van der Waals surface area contributed by atoms with Crippen LogP contribution < -0.4 is 10.6 Å². The van der Waals surface area contributed by atoms with Gasteiger partial charge in [0.2, 0.25) is 0 Å². The summed E-state index contributed by atoms with van der Waals surface area (Å²) in [5, 5.41) is 9.35. The summed E-state index contributed by atoms with van der Waals surface area (Å²) in [5.74, 6) is 1.91. The van der Waals surface area contributed by atoms with E-state index in [4.69, 9.17) is 0 Å². The lowest BCUT2D eigenvalue weighted by Gasteiger charge is -2.10. The van der Waals surface area contributed by atoms with Gasteiger partial charge in [-0.05, 0) is 0 Å². The van der Waals surface area contributed by atoms with Crippen LogP contribution in [0.3, 0.4) is 0 Å². The van der Waals surface area contributed by atoms with E-state index in [9.17, 15) is 0 Å². The number of anilines is 2. The number of nitrogens with one attached hydrogen (secondary N) is 2. The van der Waals surface area contributed by atoms with Crippen LogP contribution in [0.1, 0.15) is 17.8 Å². The molecule has 17 heavy (non-hydrogen) atoms. The zero-order chi connectivity index (χ0) is 12.1. The van der Waals surface area contributed by atoms with Crippen molar-refractivity contribution in [3.05, 3.63) is 29.0 Å². The Morgan fingerprint density at radius 1 is 1.35 bits per heavy atom. The Labute approximate surface area is 104 Å². The van der Waals surface area contributed by atoms with Gasteiger partial charge in [0.1, 0.15) is 11.6 Å². The molecule has 0 fully saturated rings. The maximum atomic E-state index is 4.34. The van der Waals surface area contributed by atoms with Gasteiger partial charge in [0.05, 0.1) is 17.4 Å². The fourth-order valence-corrected chi connectivity index (χ4v) is 2.09. The summed E-state index contributed by atoms with van der Waals surface area (Å²) in [6, 6.07) is 0. The summed E-state index contributed by atoms with van der Waals surface area (Å²) < 4.78 is 0. The first-order valence-corrected chi connectivity index (χ1v) is 6.30. The summed E-state index contributed by atoms with van der Waals surface area (Å²) in [4.78, 5) is 12.7. The van der Waals surface area contributed by atoms with Crippen LogP contribution >= 0.6 is 11.3 Å². The third-order valence-corrected chi connectivity index (χ3v) is 3.36. The Bertz CT molecular complexity index is 457. The van der Waals surface area contributed by atoms with Crippen molar-refractivity contribution in [1.29, 1.82) is 0 Å². The molecule has 0 saturated heterocycles. The maximum Gasteiger partial charge on any atom is 0.146 e. The zero-order valence-electron chi connectivity index (χ0n) is 9.84. The first-order valence-electron chi connectivity index (χ1n) is 5.42. The molecule has 2 aromatic rings. The predicted molar refractivity (Wildman–Crippen MR) is 70.6 cm³/mol. The van der Waals surface area contributed by atoms with E-state index in [1.54, 1.807) is 23.7 Å². The van der Waals surface area contributed by atoms with Crippen LogP contribution in [0.2, 0.25) is 0 Å². The molecule has 0 saturated carbocycles. The van der Waals surface area contributed by atoms with Crippen LogP contribution in [-0.2, 0) is 0 Å². The molecule has 0 bridgehead atoms. The predicted octanol–water partition coefficient (Wildman–Crippen LogP) is 2.19. The molecule has 0 aliphatic heterocycles. The summed E-state index contributed by atoms with van der Waals surface area (Å²) in [5.41, 5.74) is 0. The fourth-order valence-electron chi connectivity index (χ4n) is 1.39. The van der Waals surface area contributed by atoms with Gasteiger partial charge in [-0.25, -0.2) is 9.97 Å². The van der Waals surface area contributed by atoms with Crippen molar-refractivity contribution in [2.24, 2.45) is 0 Å². The minimum Gasteiger partial charge on any atom is -0.372 e. The highest BCUT2D eigenvalue weighted by atomic mass is 32.1. The van der Waals surface area contributed by atoms with E-state index in [0.717, 1.165) is 23.2 Å². The van der Waals surface area contributed by atoms with Gasteiger partial charge < -0.3 is 10.6 Å². The number of aromatic nitrogens is 3. The van der Waals surface area contributed by atoms with E-state index < -0.39 is 0 Å². The summed E-state index contributed by atoms with van der Waals surface area (Å²) in [7, 11) is 1.83. The normalized spacial score (nSPS) is 12.1. The third-order valence-electron chi connectivity index (χ3n) is 2.35. The van der Waals surface area contributed by atoms with Crippen LogP contribution in [0.25, 0.3) is 0 Å². The molecule has 2 aromatic heterocycles. The highest BCUT2D eigenvalue weighted by Crippen LogP contribution is 2.18. The van der Waals surface area contributed by atoms with Crippen LogP contribution in [-0.4, -0.2) is 28.5 Å². The number of hydrogen-bond acceptors (Lipinski definition) is 6. The largest absolute Gasteiger partial charge is 0.372 e. The van der Waals surface area contributed by atoms with E-state index >= 15 is 0 Å². The Balaban J connectivity index is 1.93. The third kappa shape index (κ3) is 3.13. The molecule has 90 valence electrons. The molecule has 0 spiro atoms. The molecule has 0 aromatic carbocycles. The average Bonchev–Trinajstić information content (AvgIpc) is 2.90. The Kier molecular flexibility index (Phi) is 3.87. The van der Waals surface area contributed by atoms with E-state index in [0.29, 0.717) is 5.92 Å². The molecule has 0 radical (unpaired) electrons. The van der Waals surface area contributed by atoms with Crippen molar-refractivity contribution in [2.75, 3.05) is 24.2 Å². The Morgan fingerprint density at radius 3 is 2.88 bits per heavy atom. The molecule has 0 amide bonds. The molecule has 2 heterocycles. The van der Waals surface area contributed by atoms with E-state index in [1.807, 2.05) is 18.6 Å². The van der Waals surface area contributed by atoms with Crippen LogP contribution in [0.4, 0.5) is 11.6 Å². The van der Waals surface area contributed by atoms with Gasteiger partial charge in [-0.1, -0.05) is 6.92 Å². The summed E-state index contributed by atoms with van der Waals surface area (Å²) >= 11 is 1.67. The Morgan fingerprint density at radius 2 is 2.18 bits per heavy atom. The van der Waals surface area contributed by atoms with Crippen LogP contribution in [0, 0.1) is 0 Å². The zero-order valence-corrected chi connectivity index (χ0v) is 10.7. The monoisotopic (exact) mass is 249 g/mol. The van der Waals surface area contributed by atoms with Gasteiger partial charge in [-0.3, -0.25) is 4.98 Å². The van der Waals surface area contributed by atoms with Crippen molar-refractivity contribution < 1.29 is 0 Å². The van der Waals surface area contributed by atoms with E-state index in [2.05, 4.69) is 32.5 Å². The van der Waals surface area contributed by atoms with Crippen molar-refractivity contribution in [2.45, 2.75) is 12.8 Å².